The van der Waals surface area contributed by atoms with Crippen molar-refractivity contribution in [1.82, 2.24) is 5.32 Å². The number of amides is 1. The maximum absolute atomic E-state index is 12.0. The van der Waals surface area contributed by atoms with Gasteiger partial charge in [0.2, 0.25) is 0 Å². The Kier molecular flexibility index (Phi) is 4.72. The topological polar surface area (TPSA) is 29.1 Å². The third-order valence-corrected chi connectivity index (χ3v) is 5.01. The lowest BCUT2D eigenvalue weighted by molar-refractivity contribution is 0.0952. The molecule has 1 aliphatic carbocycles. The second-order valence-corrected chi connectivity index (χ2v) is 6.96. The Morgan fingerprint density at radius 1 is 1.59 bits per heavy atom. The summed E-state index contributed by atoms with van der Waals surface area (Å²) in [6.45, 7) is 0.673. The molecule has 0 aliphatic heterocycles. The average Bonchev–Trinajstić information content (AvgIpc) is 3.12. The number of hydrogen-bond donors (Lipinski definition) is 1. The summed E-state index contributed by atoms with van der Waals surface area (Å²) in [5.41, 5.74) is 0.647. The van der Waals surface area contributed by atoms with E-state index in [1.165, 1.54) is 12.8 Å². The van der Waals surface area contributed by atoms with Crippen molar-refractivity contribution in [2.45, 2.75) is 17.7 Å². The molecule has 5 heteroatoms. The summed E-state index contributed by atoms with van der Waals surface area (Å²) < 4.78 is 0.919. The van der Waals surface area contributed by atoms with Crippen LogP contribution in [0.15, 0.2) is 18.2 Å². The van der Waals surface area contributed by atoms with Crippen LogP contribution in [-0.2, 0) is 0 Å². The predicted octanol–water partition coefficient (Wildman–Crippen LogP) is 3.85. The number of halogens is 3. The minimum Gasteiger partial charge on any atom is -0.351 e. The zero-order valence-electron chi connectivity index (χ0n) is 9.05. The molecule has 1 aliphatic rings. The van der Waals surface area contributed by atoms with Crippen LogP contribution < -0.4 is 5.32 Å². The highest BCUT2D eigenvalue weighted by atomic mass is 127. The summed E-state index contributed by atoms with van der Waals surface area (Å²) in [5, 5.41) is 3.53. The lowest BCUT2D eigenvalue weighted by Crippen LogP contribution is -2.30. The summed E-state index contributed by atoms with van der Waals surface area (Å²) in [6, 6.07) is 5.35. The number of hydrogen-bond acceptors (Lipinski definition) is 1. The number of nitrogens with one attached hydrogen (secondary N) is 1. The molecule has 1 amide bonds. The summed E-state index contributed by atoms with van der Waals surface area (Å²) in [5.74, 6) is 0.677. The molecule has 1 aromatic rings. The Hall–Kier alpha value is 0.190. The number of carbonyl (C=O) groups excluding carboxylic acids is 1. The molecule has 1 unspecified atom stereocenters. The minimum absolute atomic E-state index is 0.0537. The molecule has 1 fully saturated rings. The Morgan fingerprint density at radius 2 is 2.29 bits per heavy atom. The first-order valence-corrected chi connectivity index (χ1v) is 7.82. The van der Waals surface area contributed by atoms with Crippen molar-refractivity contribution in [3.05, 3.63) is 32.4 Å². The second kappa shape index (κ2) is 5.89. The van der Waals surface area contributed by atoms with Gasteiger partial charge in [-0.2, -0.15) is 0 Å². The van der Waals surface area contributed by atoms with E-state index in [-0.39, 0.29) is 5.91 Å². The van der Waals surface area contributed by atoms with Crippen molar-refractivity contribution in [3.63, 3.8) is 0 Å². The number of rotatable bonds is 4. The fraction of sp³-hybridized carbons (Fsp3) is 0.417. The average molecular weight is 428 g/mol. The Labute approximate surface area is 128 Å². The van der Waals surface area contributed by atoms with Crippen LogP contribution in [0.3, 0.4) is 0 Å². The number of benzene rings is 1. The van der Waals surface area contributed by atoms with Crippen molar-refractivity contribution < 1.29 is 4.79 Å². The van der Waals surface area contributed by atoms with Gasteiger partial charge >= 0.3 is 0 Å². The predicted molar refractivity (Wildman–Crippen MR) is 81.9 cm³/mol. The van der Waals surface area contributed by atoms with E-state index in [2.05, 4.69) is 43.8 Å². The lowest BCUT2D eigenvalue weighted by Gasteiger charge is -2.11. The molecule has 1 aromatic carbocycles. The maximum atomic E-state index is 12.0. The van der Waals surface area contributed by atoms with Gasteiger partial charge in [-0.25, -0.2) is 0 Å². The van der Waals surface area contributed by atoms with Gasteiger partial charge in [0, 0.05) is 20.0 Å². The van der Waals surface area contributed by atoms with E-state index in [4.69, 9.17) is 11.6 Å². The quantitative estimate of drug-likeness (QED) is 0.573. The first-order valence-electron chi connectivity index (χ1n) is 5.45. The molecule has 0 heterocycles. The van der Waals surface area contributed by atoms with Gasteiger partial charge in [-0.15, -0.1) is 0 Å². The molecule has 0 aromatic heterocycles. The van der Waals surface area contributed by atoms with Crippen LogP contribution >= 0.6 is 50.1 Å². The molecular weight excluding hydrogens is 416 g/mol. The second-order valence-electron chi connectivity index (χ2n) is 4.19. The van der Waals surface area contributed by atoms with Gasteiger partial charge in [0.05, 0.1) is 5.56 Å². The standard InChI is InChI=1S/C12H12BrClINO/c13-10(7-1-2-7)6-16-12(17)9-5-8(14)3-4-11(9)15/h3-5,7,10H,1-2,6H2,(H,16,17). The molecule has 0 radical (unpaired) electrons. The first-order chi connectivity index (χ1) is 8.08. The van der Waals surface area contributed by atoms with Crippen LogP contribution in [0.5, 0.6) is 0 Å². The van der Waals surface area contributed by atoms with E-state index >= 15 is 0 Å². The molecule has 1 N–H and O–H groups in total. The molecule has 0 bridgehead atoms. The summed E-state index contributed by atoms with van der Waals surface area (Å²) in [6.07, 6.45) is 2.53. The molecule has 1 saturated carbocycles. The van der Waals surface area contributed by atoms with Gasteiger partial charge in [-0.3, -0.25) is 4.79 Å². The smallest absolute Gasteiger partial charge is 0.252 e. The molecule has 1 atom stereocenters. The number of alkyl halides is 1. The van der Waals surface area contributed by atoms with Gasteiger partial charge in [-0.1, -0.05) is 27.5 Å². The Morgan fingerprint density at radius 3 is 2.94 bits per heavy atom. The van der Waals surface area contributed by atoms with Crippen molar-refractivity contribution >= 4 is 56.0 Å². The monoisotopic (exact) mass is 427 g/mol. The third kappa shape index (κ3) is 3.83. The van der Waals surface area contributed by atoms with E-state index in [0.717, 1.165) is 9.49 Å². The van der Waals surface area contributed by atoms with Gasteiger partial charge in [-0.05, 0) is 59.5 Å². The van der Waals surface area contributed by atoms with Crippen LogP contribution in [0, 0.1) is 9.49 Å². The van der Waals surface area contributed by atoms with E-state index in [1.807, 2.05) is 6.07 Å². The molecule has 0 spiro atoms. The number of carbonyl (C=O) groups is 1. The molecule has 92 valence electrons. The van der Waals surface area contributed by atoms with Gasteiger partial charge in [0.15, 0.2) is 0 Å². The van der Waals surface area contributed by atoms with Crippen molar-refractivity contribution in [3.8, 4) is 0 Å². The highest BCUT2D eigenvalue weighted by molar-refractivity contribution is 14.1. The highest BCUT2D eigenvalue weighted by Crippen LogP contribution is 2.36. The molecule has 0 saturated heterocycles. The SMILES string of the molecule is O=C(NCC(Br)C1CC1)c1cc(Cl)ccc1I. The van der Waals surface area contributed by atoms with Crippen molar-refractivity contribution in [1.29, 1.82) is 0 Å². The summed E-state index contributed by atoms with van der Waals surface area (Å²) in [4.78, 5) is 12.4. The normalized spacial score (nSPS) is 16.6. The van der Waals surface area contributed by atoms with Gasteiger partial charge in [0.25, 0.3) is 5.91 Å². The van der Waals surface area contributed by atoms with E-state index in [9.17, 15) is 4.79 Å². The Balaban J connectivity index is 1.96. The van der Waals surface area contributed by atoms with Gasteiger partial charge in [0.1, 0.15) is 0 Å². The minimum atomic E-state index is -0.0537. The maximum Gasteiger partial charge on any atom is 0.252 e. The fourth-order valence-corrected chi connectivity index (χ4v) is 3.02. The van der Waals surface area contributed by atoms with E-state index in [1.54, 1.807) is 12.1 Å². The molecule has 17 heavy (non-hydrogen) atoms. The first kappa shape index (κ1) is 13.6. The van der Waals surface area contributed by atoms with Crippen molar-refractivity contribution in [2.75, 3.05) is 6.54 Å². The largest absolute Gasteiger partial charge is 0.351 e. The zero-order chi connectivity index (χ0) is 12.4. The Bertz CT molecular complexity index is 437. The van der Waals surface area contributed by atoms with Crippen LogP contribution in [0.2, 0.25) is 5.02 Å². The van der Waals surface area contributed by atoms with Crippen LogP contribution in [0.4, 0.5) is 0 Å². The van der Waals surface area contributed by atoms with E-state index < -0.39 is 0 Å². The highest BCUT2D eigenvalue weighted by Gasteiger charge is 2.29. The van der Waals surface area contributed by atoms with Crippen LogP contribution in [0.25, 0.3) is 0 Å². The third-order valence-electron chi connectivity index (χ3n) is 2.76. The van der Waals surface area contributed by atoms with E-state index in [0.29, 0.717) is 22.0 Å². The van der Waals surface area contributed by atoms with Gasteiger partial charge < -0.3 is 5.32 Å². The van der Waals surface area contributed by atoms with Crippen LogP contribution in [-0.4, -0.2) is 17.3 Å². The summed E-state index contributed by atoms with van der Waals surface area (Å²) in [7, 11) is 0. The summed E-state index contributed by atoms with van der Waals surface area (Å²) >= 11 is 11.6. The molecule has 2 nitrogen and oxygen atoms in total. The molecular formula is C12H12BrClINO. The molecule has 2 rings (SSSR count). The lowest BCUT2D eigenvalue weighted by atomic mass is 10.2. The zero-order valence-corrected chi connectivity index (χ0v) is 13.5. The van der Waals surface area contributed by atoms with Crippen LogP contribution in [0.1, 0.15) is 23.2 Å². The fourth-order valence-electron chi connectivity index (χ4n) is 1.58. The van der Waals surface area contributed by atoms with Crippen molar-refractivity contribution in [2.24, 2.45) is 5.92 Å².